The number of amides is 1. The summed E-state index contributed by atoms with van der Waals surface area (Å²) in [4.78, 5) is 26.9. The van der Waals surface area contributed by atoms with Gasteiger partial charge in [-0.05, 0) is 48.2 Å². The number of phenols is 1. The number of nitrogens with one attached hydrogen (secondary N) is 1. The van der Waals surface area contributed by atoms with Crippen LogP contribution in [0.4, 0.5) is 11.4 Å². The maximum absolute atomic E-state index is 12.1. The Balaban J connectivity index is 1.92. The first-order valence-electron chi connectivity index (χ1n) is 7.05. The zero-order valence-corrected chi connectivity index (χ0v) is 15.9. The van der Waals surface area contributed by atoms with E-state index >= 15 is 0 Å². The van der Waals surface area contributed by atoms with Gasteiger partial charge in [0.25, 0.3) is 5.91 Å². The molecule has 1 aliphatic rings. The SMILES string of the molecule is O=C1NC(=Nc2ccc(Br)cc2)S/C1=C\c1cc(Cl)cc([N+](=O)[O-])c1O. The van der Waals surface area contributed by atoms with E-state index in [-0.39, 0.29) is 15.5 Å². The average molecular weight is 455 g/mol. The van der Waals surface area contributed by atoms with Gasteiger partial charge >= 0.3 is 5.69 Å². The van der Waals surface area contributed by atoms with Crippen molar-refractivity contribution in [1.29, 1.82) is 0 Å². The molecule has 0 saturated carbocycles. The lowest BCUT2D eigenvalue weighted by molar-refractivity contribution is -0.385. The van der Waals surface area contributed by atoms with Crippen LogP contribution in [-0.2, 0) is 4.79 Å². The molecule has 1 amide bonds. The molecule has 132 valence electrons. The lowest BCUT2D eigenvalue weighted by Gasteiger charge is -2.02. The Morgan fingerprint density at radius 2 is 2.00 bits per heavy atom. The molecule has 1 aliphatic heterocycles. The normalized spacial score (nSPS) is 16.9. The molecule has 0 aromatic heterocycles. The summed E-state index contributed by atoms with van der Waals surface area (Å²) >= 11 is 10.2. The fraction of sp³-hybridized carbons (Fsp3) is 0. The van der Waals surface area contributed by atoms with Crippen LogP contribution >= 0.6 is 39.3 Å². The predicted molar refractivity (Wildman–Crippen MR) is 105 cm³/mol. The minimum Gasteiger partial charge on any atom is -0.502 e. The van der Waals surface area contributed by atoms with Gasteiger partial charge in [-0.3, -0.25) is 14.9 Å². The summed E-state index contributed by atoms with van der Waals surface area (Å²) in [6, 6.07) is 9.58. The van der Waals surface area contributed by atoms with Crippen LogP contribution < -0.4 is 5.32 Å². The Labute approximate surface area is 165 Å². The maximum atomic E-state index is 12.1. The fourth-order valence-corrected chi connectivity index (χ4v) is 3.43. The first-order valence-corrected chi connectivity index (χ1v) is 9.04. The number of nitro benzene ring substituents is 1. The van der Waals surface area contributed by atoms with Crippen molar-refractivity contribution in [1.82, 2.24) is 5.32 Å². The number of hydrogen-bond acceptors (Lipinski definition) is 6. The molecule has 0 bridgehead atoms. The van der Waals surface area contributed by atoms with Gasteiger partial charge in [0.2, 0.25) is 5.75 Å². The monoisotopic (exact) mass is 453 g/mol. The number of rotatable bonds is 3. The van der Waals surface area contributed by atoms with E-state index in [1.54, 1.807) is 12.1 Å². The van der Waals surface area contributed by atoms with Crippen LogP contribution in [0.3, 0.4) is 0 Å². The van der Waals surface area contributed by atoms with E-state index < -0.39 is 22.3 Å². The lowest BCUT2D eigenvalue weighted by atomic mass is 10.1. The van der Waals surface area contributed by atoms with Gasteiger partial charge in [-0.1, -0.05) is 27.5 Å². The Morgan fingerprint density at radius 1 is 1.31 bits per heavy atom. The van der Waals surface area contributed by atoms with Crippen LogP contribution in [0.15, 0.2) is 50.8 Å². The number of hydrogen-bond donors (Lipinski definition) is 2. The second kappa shape index (κ2) is 7.48. The topological polar surface area (TPSA) is 105 Å². The number of nitro groups is 1. The number of nitrogens with zero attached hydrogens (tertiary/aromatic N) is 2. The highest BCUT2D eigenvalue weighted by Crippen LogP contribution is 2.37. The molecule has 1 fully saturated rings. The molecule has 0 spiro atoms. The van der Waals surface area contributed by atoms with Crippen LogP contribution in [0.5, 0.6) is 5.75 Å². The van der Waals surface area contributed by atoms with Crippen molar-refractivity contribution < 1.29 is 14.8 Å². The number of benzene rings is 2. The summed E-state index contributed by atoms with van der Waals surface area (Å²) < 4.78 is 0.906. The van der Waals surface area contributed by atoms with Crippen molar-refractivity contribution in [3.8, 4) is 5.75 Å². The number of aliphatic imine (C=N–C) groups is 1. The number of amidine groups is 1. The number of phenolic OH excluding ortho intramolecular Hbond substituents is 1. The third-order valence-electron chi connectivity index (χ3n) is 3.28. The zero-order chi connectivity index (χ0) is 18.8. The summed E-state index contributed by atoms with van der Waals surface area (Å²) in [6.45, 7) is 0. The highest BCUT2D eigenvalue weighted by Gasteiger charge is 2.25. The molecule has 10 heteroatoms. The van der Waals surface area contributed by atoms with Crippen molar-refractivity contribution in [3.63, 3.8) is 0 Å². The van der Waals surface area contributed by atoms with E-state index in [1.807, 2.05) is 12.1 Å². The average Bonchev–Trinajstić information content (AvgIpc) is 2.92. The molecule has 0 atom stereocenters. The van der Waals surface area contributed by atoms with Gasteiger partial charge in [-0.2, -0.15) is 0 Å². The van der Waals surface area contributed by atoms with E-state index in [4.69, 9.17) is 11.6 Å². The van der Waals surface area contributed by atoms with Crippen molar-refractivity contribution in [2.75, 3.05) is 0 Å². The molecular weight excluding hydrogens is 446 g/mol. The molecule has 2 aromatic rings. The van der Waals surface area contributed by atoms with Crippen LogP contribution in [0.1, 0.15) is 5.56 Å². The van der Waals surface area contributed by atoms with E-state index in [1.165, 1.54) is 12.1 Å². The molecule has 0 radical (unpaired) electrons. The predicted octanol–water partition coefficient (Wildman–Crippen LogP) is 4.61. The Kier molecular flexibility index (Phi) is 5.30. The number of thioether (sulfide) groups is 1. The molecule has 1 heterocycles. The number of aromatic hydroxyl groups is 1. The van der Waals surface area contributed by atoms with Gasteiger partial charge in [-0.25, -0.2) is 4.99 Å². The first-order chi connectivity index (χ1) is 12.3. The van der Waals surface area contributed by atoms with Crippen molar-refractivity contribution in [2.24, 2.45) is 4.99 Å². The van der Waals surface area contributed by atoms with Crippen molar-refractivity contribution in [2.45, 2.75) is 0 Å². The number of carbonyl (C=O) groups is 1. The van der Waals surface area contributed by atoms with Crippen LogP contribution in [0, 0.1) is 10.1 Å². The van der Waals surface area contributed by atoms with Gasteiger partial charge in [0.1, 0.15) is 0 Å². The molecule has 0 aliphatic carbocycles. The summed E-state index contributed by atoms with van der Waals surface area (Å²) in [6.07, 6.45) is 1.33. The second-order valence-corrected chi connectivity index (χ2v) is 7.46. The highest BCUT2D eigenvalue weighted by atomic mass is 79.9. The smallest absolute Gasteiger partial charge is 0.312 e. The fourth-order valence-electron chi connectivity index (χ4n) is 2.11. The summed E-state index contributed by atoms with van der Waals surface area (Å²) in [5.74, 6) is -0.980. The number of carbonyl (C=O) groups excluding carboxylic acids is 1. The molecule has 26 heavy (non-hydrogen) atoms. The highest BCUT2D eigenvalue weighted by molar-refractivity contribution is 9.10. The van der Waals surface area contributed by atoms with E-state index in [2.05, 4.69) is 26.2 Å². The third-order valence-corrected chi connectivity index (χ3v) is 4.93. The molecule has 7 nitrogen and oxygen atoms in total. The van der Waals surface area contributed by atoms with E-state index in [0.29, 0.717) is 10.9 Å². The molecule has 0 unspecified atom stereocenters. The standard InChI is InChI=1S/C16H9BrClN3O4S/c17-9-1-3-11(4-2-9)19-16-20-15(23)13(26-16)6-8-5-10(18)7-12(14(8)22)21(24)25/h1-7,22H,(H,19,20,23)/b13-6-. The summed E-state index contributed by atoms with van der Waals surface area (Å²) in [7, 11) is 0. The van der Waals surface area contributed by atoms with Gasteiger partial charge in [0.05, 0.1) is 15.5 Å². The Hall–Kier alpha value is -2.36. The Morgan fingerprint density at radius 3 is 2.65 bits per heavy atom. The second-order valence-electron chi connectivity index (χ2n) is 5.08. The van der Waals surface area contributed by atoms with Crippen LogP contribution in [-0.4, -0.2) is 21.1 Å². The minimum absolute atomic E-state index is 0.0757. The van der Waals surface area contributed by atoms with Gasteiger partial charge in [0.15, 0.2) is 5.17 Å². The largest absolute Gasteiger partial charge is 0.502 e. The maximum Gasteiger partial charge on any atom is 0.312 e. The molecular formula is C16H9BrClN3O4S. The molecule has 2 aromatic carbocycles. The van der Waals surface area contributed by atoms with Gasteiger partial charge in [-0.15, -0.1) is 0 Å². The van der Waals surface area contributed by atoms with Crippen molar-refractivity contribution >= 4 is 67.8 Å². The quantitative estimate of drug-likeness (QED) is 0.400. The van der Waals surface area contributed by atoms with Gasteiger partial charge < -0.3 is 10.4 Å². The zero-order valence-electron chi connectivity index (χ0n) is 12.8. The molecule has 2 N–H and O–H groups in total. The van der Waals surface area contributed by atoms with Crippen LogP contribution in [0.25, 0.3) is 6.08 Å². The van der Waals surface area contributed by atoms with E-state index in [9.17, 15) is 20.0 Å². The van der Waals surface area contributed by atoms with Crippen LogP contribution in [0.2, 0.25) is 5.02 Å². The molecule has 3 rings (SSSR count). The van der Waals surface area contributed by atoms with Gasteiger partial charge in [0, 0.05) is 21.1 Å². The number of halogens is 2. The lowest BCUT2D eigenvalue weighted by Crippen LogP contribution is -2.19. The Bertz CT molecular complexity index is 976. The minimum atomic E-state index is -0.745. The third kappa shape index (κ3) is 4.06. The van der Waals surface area contributed by atoms with Crippen molar-refractivity contribution in [3.05, 3.63) is 66.5 Å². The first kappa shape index (κ1) is 18.4. The summed E-state index contributed by atoms with van der Waals surface area (Å²) in [5, 5.41) is 24.0. The molecule has 1 saturated heterocycles. The van der Waals surface area contributed by atoms with E-state index in [0.717, 1.165) is 22.3 Å². The summed E-state index contributed by atoms with van der Waals surface area (Å²) in [5.41, 5.74) is 0.196.